The average Bonchev–Trinajstić information content (AvgIpc) is 2.82. The van der Waals surface area contributed by atoms with Crippen molar-refractivity contribution in [2.24, 2.45) is 0 Å². The number of rotatable bonds is 2. The normalized spacial score (nSPS) is 10.7. The van der Waals surface area contributed by atoms with Gasteiger partial charge in [0.05, 0.1) is 5.56 Å². The summed E-state index contributed by atoms with van der Waals surface area (Å²) < 4.78 is 19.2. The van der Waals surface area contributed by atoms with Crippen molar-refractivity contribution in [3.8, 4) is 22.4 Å². The molecule has 0 aliphatic heterocycles. The van der Waals surface area contributed by atoms with Crippen molar-refractivity contribution >= 4 is 28.5 Å². The molecule has 1 aromatic heterocycles. The highest BCUT2D eigenvalue weighted by Gasteiger charge is 2.18. The van der Waals surface area contributed by atoms with Gasteiger partial charge in [-0.15, -0.1) is 0 Å². The summed E-state index contributed by atoms with van der Waals surface area (Å²) in [7, 11) is 0. The van der Waals surface area contributed by atoms with Crippen LogP contribution in [0.2, 0.25) is 0 Å². The maximum absolute atomic E-state index is 13.0. The van der Waals surface area contributed by atoms with Crippen molar-refractivity contribution in [3.05, 3.63) is 57.9 Å². The molecule has 3 nitrogen and oxygen atoms in total. The minimum atomic E-state index is -0.292. The van der Waals surface area contributed by atoms with E-state index in [-0.39, 0.29) is 11.7 Å². The van der Waals surface area contributed by atoms with E-state index in [2.05, 4.69) is 27.7 Å². The quantitative estimate of drug-likeness (QED) is 0.674. The van der Waals surface area contributed by atoms with Crippen LogP contribution in [0.4, 0.5) is 10.3 Å². The number of hydrogen-bond donors (Lipinski definition) is 1. The van der Waals surface area contributed by atoms with Gasteiger partial charge in [0, 0.05) is 9.13 Å². The molecule has 3 rings (SSSR count). The van der Waals surface area contributed by atoms with Crippen LogP contribution in [0.1, 0.15) is 0 Å². The molecule has 3 aromatic rings. The summed E-state index contributed by atoms with van der Waals surface area (Å²) in [5.41, 5.74) is 8.94. The van der Waals surface area contributed by atoms with Crippen molar-refractivity contribution in [1.82, 2.24) is 5.16 Å². The van der Waals surface area contributed by atoms with E-state index in [1.165, 1.54) is 12.1 Å². The van der Waals surface area contributed by atoms with E-state index < -0.39 is 0 Å². The lowest BCUT2D eigenvalue weighted by atomic mass is 10.0. The summed E-state index contributed by atoms with van der Waals surface area (Å²) >= 11 is 2.23. The number of nitrogens with two attached hydrogens (primary N) is 1. The lowest BCUT2D eigenvalue weighted by molar-refractivity contribution is 0.439. The zero-order valence-electron chi connectivity index (χ0n) is 10.3. The molecular weight excluding hydrogens is 370 g/mol. The molecule has 0 radical (unpaired) electrons. The minimum Gasteiger partial charge on any atom is -0.367 e. The minimum absolute atomic E-state index is 0.228. The van der Waals surface area contributed by atoms with Gasteiger partial charge in [-0.3, -0.25) is 0 Å². The number of nitrogen functional groups attached to an aromatic ring is 1. The molecule has 5 heteroatoms. The molecular formula is C15H10FIN2O. The number of benzene rings is 2. The molecule has 0 atom stereocenters. The van der Waals surface area contributed by atoms with Gasteiger partial charge in [-0.05, 0) is 46.4 Å². The number of aromatic nitrogens is 1. The Labute approximate surface area is 128 Å². The number of anilines is 1. The Bertz CT molecular complexity index is 753. The maximum atomic E-state index is 13.0. The molecule has 100 valence electrons. The van der Waals surface area contributed by atoms with Gasteiger partial charge < -0.3 is 10.3 Å². The van der Waals surface area contributed by atoms with Crippen molar-refractivity contribution in [3.63, 3.8) is 0 Å². The first-order valence-electron chi connectivity index (χ1n) is 5.93. The second-order valence-corrected chi connectivity index (χ2v) is 5.42. The number of halogens is 2. The SMILES string of the molecule is Nc1onc(-c2ccccc2I)c1-c1ccc(F)cc1. The summed E-state index contributed by atoms with van der Waals surface area (Å²) in [6.07, 6.45) is 0. The van der Waals surface area contributed by atoms with E-state index in [4.69, 9.17) is 10.3 Å². The molecule has 0 aliphatic carbocycles. The van der Waals surface area contributed by atoms with Crippen LogP contribution < -0.4 is 5.73 Å². The first-order valence-corrected chi connectivity index (χ1v) is 7.00. The molecule has 0 saturated carbocycles. The summed E-state index contributed by atoms with van der Waals surface area (Å²) in [5.74, 6) is -0.0640. The van der Waals surface area contributed by atoms with E-state index in [9.17, 15) is 4.39 Å². The Morgan fingerprint density at radius 2 is 1.75 bits per heavy atom. The second-order valence-electron chi connectivity index (χ2n) is 4.26. The summed E-state index contributed by atoms with van der Waals surface area (Å²) in [4.78, 5) is 0. The van der Waals surface area contributed by atoms with E-state index in [1.807, 2.05) is 24.3 Å². The first-order chi connectivity index (χ1) is 9.66. The highest BCUT2D eigenvalue weighted by molar-refractivity contribution is 14.1. The molecule has 0 saturated heterocycles. The second kappa shape index (κ2) is 5.24. The Balaban J connectivity index is 2.20. The maximum Gasteiger partial charge on any atom is 0.230 e. The predicted octanol–water partition coefficient (Wildman–Crippen LogP) is 4.33. The van der Waals surface area contributed by atoms with Crippen LogP contribution in [0, 0.1) is 9.39 Å². The fourth-order valence-corrected chi connectivity index (χ4v) is 2.68. The lowest BCUT2D eigenvalue weighted by Crippen LogP contribution is -1.89. The van der Waals surface area contributed by atoms with Gasteiger partial charge in [0.15, 0.2) is 0 Å². The molecule has 0 fully saturated rings. The summed E-state index contributed by atoms with van der Waals surface area (Å²) in [5, 5.41) is 4.05. The van der Waals surface area contributed by atoms with Gasteiger partial charge in [0.25, 0.3) is 0 Å². The van der Waals surface area contributed by atoms with Crippen LogP contribution in [0.25, 0.3) is 22.4 Å². The van der Waals surface area contributed by atoms with Crippen molar-refractivity contribution in [2.75, 3.05) is 5.73 Å². The average molecular weight is 380 g/mol. The van der Waals surface area contributed by atoms with Crippen LogP contribution >= 0.6 is 22.6 Å². The zero-order valence-corrected chi connectivity index (χ0v) is 12.5. The first kappa shape index (κ1) is 13.1. The molecule has 0 unspecified atom stereocenters. The third-order valence-corrected chi connectivity index (χ3v) is 3.92. The molecule has 2 N–H and O–H groups in total. The smallest absolute Gasteiger partial charge is 0.230 e. The van der Waals surface area contributed by atoms with Gasteiger partial charge in [-0.1, -0.05) is 35.5 Å². The van der Waals surface area contributed by atoms with Gasteiger partial charge in [0.2, 0.25) is 5.88 Å². The summed E-state index contributed by atoms with van der Waals surface area (Å²) in [6, 6.07) is 13.9. The third-order valence-electron chi connectivity index (χ3n) is 2.98. The van der Waals surface area contributed by atoms with Crippen LogP contribution in [-0.2, 0) is 0 Å². The van der Waals surface area contributed by atoms with E-state index in [0.717, 1.165) is 14.7 Å². The van der Waals surface area contributed by atoms with Crippen LogP contribution in [0.3, 0.4) is 0 Å². The molecule has 0 spiro atoms. The fourth-order valence-electron chi connectivity index (χ4n) is 2.04. The topological polar surface area (TPSA) is 52.0 Å². The highest BCUT2D eigenvalue weighted by atomic mass is 127. The molecule has 1 heterocycles. The van der Waals surface area contributed by atoms with Crippen molar-refractivity contribution in [1.29, 1.82) is 0 Å². The monoisotopic (exact) mass is 380 g/mol. The number of hydrogen-bond acceptors (Lipinski definition) is 3. The fraction of sp³-hybridized carbons (Fsp3) is 0. The highest BCUT2D eigenvalue weighted by Crippen LogP contribution is 2.37. The molecule has 0 bridgehead atoms. The van der Waals surface area contributed by atoms with Gasteiger partial charge in [0.1, 0.15) is 11.5 Å². The van der Waals surface area contributed by atoms with E-state index in [0.29, 0.717) is 11.3 Å². The summed E-state index contributed by atoms with van der Waals surface area (Å²) in [6.45, 7) is 0. The Kier molecular flexibility index (Phi) is 3.43. The van der Waals surface area contributed by atoms with E-state index in [1.54, 1.807) is 12.1 Å². The Hall–Kier alpha value is -1.89. The van der Waals surface area contributed by atoms with Crippen LogP contribution in [0.5, 0.6) is 0 Å². The predicted molar refractivity (Wildman–Crippen MR) is 84.5 cm³/mol. The van der Waals surface area contributed by atoms with Gasteiger partial charge >= 0.3 is 0 Å². The zero-order chi connectivity index (χ0) is 14.1. The number of nitrogens with zero attached hydrogens (tertiary/aromatic N) is 1. The molecule has 0 aliphatic rings. The van der Waals surface area contributed by atoms with Crippen molar-refractivity contribution < 1.29 is 8.91 Å². The third kappa shape index (κ3) is 2.29. The van der Waals surface area contributed by atoms with E-state index >= 15 is 0 Å². The molecule has 2 aromatic carbocycles. The Morgan fingerprint density at radius 3 is 2.45 bits per heavy atom. The molecule has 0 amide bonds. The Morgan fingerprint density at radius 1 is 1.05 bits per heavy atom. The van der Waals surface area contributed by atoms with Crippen molar-refractivity contribution in [2.45, 2.75) is 0 Å². The van der Waals surface area contributed by atoms with Crippen LogP contribution in [0.15, 0.2) is 53.1 Å². The standard InChI is InChI=1S/C15H10FIN2O/c16-10-7-5-9(6-8-10)13-14(19-20-15(13)18)11-3-1-2-4-12(11)17/h1-8H,18H2. The van der Waals surface area contributed by atoms with Gasteiger partial charge in [-0.25, -0.2) is 4.39 Å². The van der Waals surface area contributed by atoms with Crippen LogP contribution in [-0.4, -0.2) is 5.16 Å². The largest absolute Gasteiger partial charge is 0.367 e. The molecule has 20 heavy (non-hydrogen) atoms. The van der Waals surface area contributed by atoms with Gasteiger partial charge in [-0.2, -0.15) is 0 Å². The lowest BCUT2D eigenvalue weighted by Gasteiger charge is -2.04.